The standard InChI is InChI=1S/C20H29NO3/c1-12-9-14-16(20(11-21)7-5-4-6-8-20)17-15(10-13(2)23-17)18(22-3)19(14)24-12/h12-13H,4-11,21H2,1-3H3. The molecule has 2 heterocycles. The number of methoxy groups -OCH3 is 1. The lowest BCUT2D eigenvalue weighted by molar-refractivity contribution is 0.236. The number of fused-ring (bicyclic) bond motifs is 2. The van der Waals surface area contributed by atoms with E-state index >= 15 is 0 Å². The minimum atomic E-state index is 0.0379. The lowest BCUT2D eigenvalue weighted by Crippen LogP contribution is -2.38. The number of hydrogen-bond acceptors (Lipinski definition) is 4. The van der Waals surface area contributed by atoms with Crippen LogP contribution in [0.1, 0.15) is 62.6 Å². The van der Waals surface area contributed by atoms with Crippen molar-refractivity contribution in [1.29, 1.82) is 0 Å². The van der Waals surface area contributed by atoms with Gasteiger partial charge in [0.25, 0.3) is 0 Å². The second-order valence-electron chi connectivity index (χ2n) is 7.83. The first-order chi connectivity index (χ1) is 11.6. The Bertz CT molecular complexity index is 610. The smallest absolute Gasteiger partial charge is 0.168 e. The van der Waals surface area contributed by atoms with Crippen LogP contribution in [0, 0.1) is 0 Å². The van der Waals surface area contributed by atoms with Crippen LogP contribution in [0.25, 0.3) is 0 Å². The van der Waals surface area contributed by atoms with E-state index in [0.717, 1.165) is 42.9 Å². The Morgan fingerprint density at radius 2 is 1.62 bits per heavy atom. The molecule has 24 heavy (non-hydrogen) atoms. The average Bonchev–Trinajstić information content (AvgIpc) is 3.14. The quantitative estimate of drug-likeness (QED) is 0.921. The van der Waals surface area contributed by atoms with Crippen molar-refractivity contribution in [2.45, 2.75) is 76.4 Å². The summed E-state index contributed by atoms with van der Waals surface area (Å²) in [6.07, 6.45) is 8.30. The van der Waals surface area contributed by atoms with E-state index in [4.69, 9.17) is 19.9 Å². The molecule has 1 aromatic carbocycles. The molecule has 4 nitrogen and oxygen atoms in total. The Morgan fingerprint density at radius 3 is 2.25 bits per heavy atom. The summed E-state index contributed by atoms with van der Waals surface area (Å²) in [5.41, 5.74) is 10.2. The van der Waals surface area contributed by atoms with Crippen LogP contribution in [0.5, 0.6) is 17.2 Å². The molecule has 1 aliphatic carbocycles. The van der Waals surface area contributed by atoms with Gasteiger partial charge >= 0.3 is 0 Å². The summed E-state index contributed by atoms with van der Waals surface area (Å²) in [5.74, 6) is 2.90. The Labute approximate surface area is 144 Å². The highest BCUT2D eigenvalue weighted by Crippen LogP contribution is 2.56. The van der Waals surface area contributed by atoms with E-state index in [1.54, 1.807) is 7.11 Å². The zero-order valence-electron chi connectivity index (χ0n) is 15.1. The van der Waals surface area contributed by atoms with E-state index in [1.165, 1.54) is 36.0 Å². The third kappa shape index (κ3) is 2.22. The molecule has 0 aromatic heterocycles. The summed E-state index contributed by atoms with van der Waals surface area (Å²) in [6.45, 7) is 4.95. The predicted molar refractivity (Wildman–Crippen MR) is 94.4 cm³/mol. The monoisotopic (exact) mass is 331 g/mol. The second-order valence-corrected chi connectivity index (χ2v) is 7.83. The Hall–Kier alpha value is -1.42. The molecule has 0 amide bonds. The topological polar surface area (TPSA) is 53.7 Å². The largest absolute Gasteiger partial charge is 0.492 e. The maximum atomic E-state index is 6.37. The fourth-order valence-electron chi connectivity index (χ4n) is 5.04. The third-order valence-electron chi connectivity index (χ3n) is 6.11. The Morgan fingerprint density at radius 1 is 1.00 bits per heavy atom. The third-order valence-corrected chi connectivity index (χ3v) is 6.11. The van der Waals surface area contributed by atoms with E-state index in [-0.39, 0.29) is 17.6 Å². The van der Waals surface area contributed by atoms with Gasteiger partial charge in [0.1, 0.15) is 18.0 Å². The van der Waals surface area contributed by atoms with E-state index in [0.29, 0.717) is 6.54 Å². The van der Waals surface area contributed by atoms with Crippen molar-refractivity contribution >= 4 is 0 Å². The van der Waals surface area contributed by atoms with Crippen molar-refractivity contribution in [2.24, 2.45) is 5.73 Å². The van der Waals surface area contributed by atoms with Crippen LogP contribution in [0.2, 0.25) is 0 Å². The molecule has 1 aromatic rings. The Kier molecular flexibility index (Phi) is 3.91. The van der Waals surface area contributed by atoms with Gasteiger partial charge in [-0.15, -0.1) is 0 Å². The van der Waals surface area contributed by atoms with Crippen molar-refractivity contribution in [1.82, 2.24) is 0 Å². The highest BCUT2D eigenvalue weighted by molar-refractivity contribution is 5.68. The maximum Gasteiger partial charge on any atom is 0.168 e. The molecule has 4 heteroatoms. The first kappa shape index (κ1) is 16.1. The van der Waals surface area contributed by atoms with E-state index in [9.17, 15) is 0 Å². The first-order valence-corrected chi connectivity index (χ1v) is 9.39. The molecule has 0 radical (unpaired) electrons. The Balaban J connectivity index is 1.97. The van der Waals surface area contributed by atoms with Gasteiger partial charge < -0.3 is 19.9 Å². The van der Waals surface area contributed by atoms with Crippen molar-refractivity contribution in [3.8, 4) is 17.2 Å². The molecule has 0 bridgehead atoms. The minimum Gasteiger partial charge on any atom is -0.492 e. The molecule has 1 fully saturated rings. The highest BCUT2D eigenvalue weighted by Gasteiger charge is 2.44. The van der Waals surface area contributed by atoms with Gasteiger partial charge in [0, 0.05) is 41.5 Å². The number of nitrogens with two attached hydrogens (primary N) is 1. The van der Waals surface area contributed by atoms with Gasteiger partial charge in [-0.25, -0.2) is 0 Å². The lowest BCUT2D eigenvalue weighted by atomic mass is 9.67. The van der Waals surface area contributed by atoms with Gasteiger partial charge in [0.15, 0.2) is 11.5 Å². The molecule has 2 aliphatic heterocycles. The summed E-state index contributed by atoms with van der Waals surface area (Å²) in [7, 11) is 1.74. The SMILES string of the molecule is COc1c2c(c(C3(CN)CCCCC3)c3c1OC(C)C3)OC(C)C2. The number of hydrogen-bond donors (Lipinski definition) is 1. The van der Waals surface area contributed by atoms with Crippen molar-refractivity contribution < 1.29 is 14.2 Å². The molecular weight excluding hydrogens is 302 g/mol. The molecular formula is C20H29NO3. The number of rotatable bonds is 3. The molecule has 0 saturated heterocycles. The van der Waals surface area contributed by atoms with E-state index < -0.39 is 0 Å². The predicted octanol–water partition coefficient (Wildman–Crippen LogP) is 3.50. The van der Waals surface area contributed by atoms with E-state index in [2.05, 4.69) is 13.8 Å². The van der Waals surface area contributed by atoms with E-state index in [1.807, 2.05) is 0 Å². The van der Waals surface area contributed by atoms with Gasteiger partial charge in [0.05, 0.1) is 7.11 Å². The van der Waals surface area contributed by atoms with Gasteiger partial charge in [-0.3, -0.25) is 0 Å². The van der Waals surface area contributed by atoms with Crippen LogP contribution < -0.4 is 19.9 Å². The van der Waals surface area contributed by atoms with Crippen LogP contribution in [0.15, 0.2) is 0 Å². The zero-order chi connectivity index (χ0) is 16.9. The normalized spacial score (nSPS) is 27.2. The molecule has 2 atom stereocenters. The minimum absolute atomic E-state index is 0.0379. The van der Waals surface area contributed by atoms with Crippen molar-refractivity contribution in [3.63, 3.8) is 0 Å². The zero-order valence-corrected chi connectivity index (χ0v) is 15.1. The molecule has 0 spiro atoms. The van der Waals surface area contributed by atoms with Crippen molar-refractivity contribution in [3.05, 3.63) is 16.7 Å². The van der Waals surface area contributed by atoms with Crippen LogP contribution >= 0.6 is 0 Å². The van der Waals surface area contributed by atoms with Crippen LogP contribution in [-0.2, 0) is 18.3 Å². The summed E-state index contributed by atoms with van der Waals surface area (Å²) in [4.78, 5) is 0. The average molecular weight is 331 g/mol. The lowest BCUT2D eigenvalue weighted by Gasteiger charge is -2.39. The second kappa shape index (κ2) is 5.83. The molecule has 4 rings (SSSR count). The molecule has 3 aliphatic rings. The molecule has 132 valence electrons. The van der Waals surface area contributed by atoms with Crippen LogP contribution in [0.3, 0.4) is 0 Å². The molecule has 2 N–H and O–H groups in total. The summed E-state index contributed by atoms with van der Waals surface area (Å²) >= 11 is 0. The highest BCUT2D eigenvalue weighted by atomic mass is 16.5. The van der Waals surface area contributed by atoms with Gasteiger partial charge in [-0.2, -0.15) is 0 Å². The molecule has 1 saturated carbocycles. The van der Waals surface area contributed by atoms with Gasteiger partial charge in [-0.05, 0) is 26.7 Å². The summed E-state index contributed by atoms with van der Waals surface area (Å²) in [5, 5.41) is 0. The number of benzene rings is 1. The van der Waals surface area contributed by atoms with Crippen molar-refractivity contribution in [2.75, 3.05) is 13.7 Å². The summed E-state index contributed by atoms with van der Waals surface area (Å²) in [6, 6.07) is 0. The maximum absolute atomic E-state index is 6.37. The fraction of sp³-hybridized carbons (Fsp3) is 0.700. The van der Waals surface area contributed by atoms with Crippen LogP contribution in [0.4, 0.5) is 0 Å². The van der Waals surface area contributed by atoms with Crippen LogP contribution in [-0.4, -0.2) is 25.9 Å². The van der Waals surface area contributed by atoms with Gasteiger partial charge in [0.2, 0.25) is 0 Å². The summed E-state index contributed by atoms with van der Waals surface area (Å²) < 4.78 is 18.3. The fourth-order valence-corrected chi connectivity index (χ4v) is 5.04. The molecule has 2 unspecified atom stereocenters. The number of ether oxygens (including phenoxy) is 3. The first-order valence-electron chi connectivity index (χ1n) is 9.39. The van der Waals surface area contributed by atoms with Gasteiger partial charge in [-0.1, -0.05) is 19.3 Å².